The van der Waals surface area contributed by atoms with Gasteiger partial charge in [0.1, 0.15) is 5.82 Å². The topological polar surface area (TPSA) is 63.4 Å². The highest BCUT2D eigenvalue weighted by Crippen LogP contribution is 2.47. The zero-order chi connectivity index (χ0) is 12.2. The second-order valence-corrected chi connectivity index (χ2v) is 4.55. The molecule has 2 unspecified atom stereocenters. The number of amides is 2. The molecule has 0 radical (unpaired) electrons. The number of hydrogen-bond donors (Lipinski definition) is 1. The van der Waals surface area contributed by atoms with Gasteiger partial charge in [0.15, 0.2) is 0 Å². The van der Waals surface area contributed by atoms with Crippen molar-refractivity contribution in [2.45, 2.75) is 13.0 Å². The zero-order valence-corrected chi connectivity index (χ0v) is 9.02. The third-order valence-corrected chi connectivity index (χ3v) is 3.39. The maximum atomic E-state index is 12.9. The van der Waals surface area contributed by atoms with E-state index in [2.05, 4.69) is 0 Å². The first-order valence-corrected chi connectivity index (χ1v) is 5.47. The van der Waals surface area contributed by atoms with Gasteiger partial charge in [-0.15, -0.1) is 0 Å². The Balaban J connectivity index is 1.83. The predicted molar refractivity (Wildman–Crippen MR) is 58.0 cm³/mol. The molecule has 1 aromatic rings. The molecule has 2 amide bonds. The first-order chi connectivity index (χ1) is 8.08. The van der Waals surface area contributed by atoms with E-state index in [4.69, 9.17) is 5.73 Å². The van der Waals surface area contributed by atoms with E-state index in [9.17, 15) is 14.0 Å². The molecule has 2 atom stereocenters. The molecule has 5 heteroatoms. The predicted octanol–water partition coefficient (Wildman–Crippen LogP) is 0.913. The molecule has 1 saturated heterocycles. The summed E-state index contributed by atoms with van der Waals surface area (Å²) < 4.78 is 12.9. The van der Waals surface area contributed by atoms with Crippen LogP contribution in [0.25, 0.3) is 0 Å². The van der Waals surface area contributed by atoms with E-state index in [0.717, 1.165) is 0 Å². The van der Waals surface area contributed by atoms with Crippen LogP contribution in [0.3, 0.4) is 0 Å². The van der Waals surface area contributed by atoms with Crippen LogP contribution in [0.2, 0.25) is 0 Å². The lowest BCUT2D eigenvalue weighted by atomic mass is 10.1. The van der Waals surface area contributed by atoms with Gasteiger partial charge in [-0.2, -0.15) is 0 Å². The van der Waals surface area contributed by atoms with Gasteiger partial charge in [0.05, 0.1) is 18.4 Å². The summed E-state index contributed by atoms with van der Waals surface area (Å²) in [6, 6.07) is 3.98. The molecule has 0 spiro atoms. The monoisotopic (exact) mass is 234 g/mol. The van der Waals surface area contributed by atoms with Crippen molar-refractivity contribution in [1.82, 2.24) is 4.90 Å². The van der Waals surface area contributed by atoms with Gasteiger partial charge >= 0.3 is 0 Å². The van der Waals surface area contributed by atoms with Gasteiger partial charge in [-0.05, 0) is 24.1 Å². The Morgan fingerprint density at radius 3 is 2.53 bits per heavy atom. The molecular weight excluding hydrogens is 223 g/mol. The maximum Gasteiger partial charge on any atom is 0.233 e. The second kappa shape index (κ2) is 3.29. The SMILES string of the molecule is Nc1cc(F)ccc1CN1C(=O)C2CC2C1=O. The molecule has 2 fully saturated rings. The highest BCUT2D eigenvalue weighted by Gasteiger charge is 2.58. The highest BCUT2D eigenvalue weighted by atomic mass is 19.1. The van der Waals surface area contributed by atoms with E-state index < -0.39 is 5.82 Å². The van der Waals surface area contributed by atoms with Crippen LogP contribution in [-0.4, -0.2) is 16.7 Å². The van der Waals surface area contributed by atoms with Gasteiger partial charge in [-0.3, -0.25) is 14.5 Å². The Bertz CT molecular complexity index is 509. The first kappa shape index (κ1) is 10.3. The number of likely N-dealkylation sites (tertiary alicyclic amines) is 1. The highest BCUT2D eigenvalue weighted by molar-refractivity contribution is 6.08. The molecular formula is C12H11FN2O2. The van der Waals surface area contributed by atoms with Crippen LogP contribution in [-0.2, 0) is 16.1 Å². The van der Waals surface area contributed by atoms with E-state index >= 15 is 0 Å². The van der Waals surface area contributed by atoms with Crippen molar-refractivity contribution in [3.63, 3.8) is 0 Å². The van der Waals surface area contributed by atoms with Crippen molar-refractivity contribution in [3.8, 4) is 0 Å². The quantitative estimate of drug-likeness (QED) is 0.611. The summed E-state index contributed by atoms with van der Waals surface area (Å²) in [5.41, 5.74) is 6.52. The third kappa shape index (κ3) is 1.50. The minimum atomic E-state index is -0.423. The lowest BCUT2D eigenvalue weighted by Crippen LogP contribution is -2.32. The number of halogens is 1. The number of nitrogens with two attached hydrogens (primary N) is 1. The van der Waals surface area contributed by atoms with Crippen LogP contribution in [0, 0.1) is 17.7 Å². The maximum absolute atomic E-state index is 12.9. The molecule has 88 valence electrons. The van der Waals surface area contributed by atoms with Crippen molar-refractivity contribution in [2.24, 2.45) is 11.8 Å². The van der Waals surface area contributed by atoms with Gasteiger partial charge < -0.3 is 5.73 Å². The lowest BCUT2D eigenvalue weighted by molar-refractivity contribution is -0.142. The molecule has 1 aliphatic heterocycles. The Hall–Kier alpha value is -1.91. The van der Waals surface area contributed by atoms with E-state index in [1.807, 2.05) is 0 Å². The van der Waals surface area contributed by atoms with Crippen molar-refractivity contribution in [2.75, 3.05) is 5.73 Å². The number of carbonyl (C=O) groups excluding carboxylic acids is 2. The van der Waals surface area contributed by atoms with E-state index in [-0.39, 0.29) is 35.9 Å². The van der Waals surface area contributed by atoms with Crippen molar-refractivity contribution >= 4 is 17.5 Å². The second-order valence-electron chi connectivity index (χ2n) is 4.55. The van der Waals surface area contributed by atoms with Crippen LogP contribution in [0.5, 0.6) is 0 Å². The zero-order valence-electron chi connectivity index (χ0n) is 9.02. The third-order valence-electron chi connectivity index (χ3n) is 3.39. The molecule has 0 bridgehead atoms. The van der Waals surface area contributed by atoms with Crippen molar-refractivity contribution < 1.29 is 14.0 Å². The number of nitrogens with zero attached hydrogens (tertiary/aromatic N) is 1. The minimum absolute atomic E-state index is 0.107. The van der Waals surface area contributed by atoms with Crippen LogP contribution in [0.15, 0.2) is 18.2 Å². The first-order valence-electron chi connectivity index (χ1n) is 5.47. The van der Waals surface area contributed by atoms with Gasteiger partial charge in [-0.25, -0.2) is 4.39 Å². The summed E-state index contributed by atoms with van der Waals surface area (Å²) in [5.74, 6) is -0.881. The average Bonchev–Trinajstić information content (AvgIpc) is 3.02. The summed E-state index contributed by atoms with van der Waals surface area (Å²) >= 11 is 0. The van der Waals surface area contributed by atoms with Gasteiger partial charge in [0, 0.05) is 5.69 Å². The molecule has 2 N–H and O–H groups in total. The molecule has 4 nitrogen and oxygen atoms in total. The van der Waals surface area contributed by atoms with Crippen LogP contribution >= 0.6 is 0 Å². The molecule has 0 aromatic heterocycles. The average molecular weight is 234 g/mol. The smallest absolute Gasteiger partial charge is 0.233 e. The number of rotatable bonds is 2. The molecule has 1 saturated carbocycles. The fourth-order valence-corrected chi connectivity index (χ4v) is 2.29. The van der Waals surface area contributed by atoms with Crippen LogP contribution in [0.4, 0.5) is 10.1 Å². The molecule has 1 aromatic carbocycles. The Labute approximate surface area is 97.2 Å². The summed E-state index contributed by atoms with van der Waals surface area (Å²) in [5, 5.41) is 0. The number of carbonyl (C=O) groups is 2. The van der Waals surface area contributed by atoms with Gasteiger partial charge in [0.25, 0.3) is 0 Å². The van der Waals surface area contributed by atoms with Crippen molar-refractivity contribution in [1.29, 1.82) is 0 Å². The Morgan fingerprint density at radius 2 is 1.94 bits per heavy atom. The van der Waals surface area contributed by atoms with E-state index in [1.54, 1.807) is 0 Å². The normalized spacial score (nSPS) is 26.3. The molecule has 2 aliphatic rings. The fourth-order valence-electron chi connectivity index (χ4n) is 2.29. The summed E-state index contributed by atoms with van der Waals surface area (Å²) in [6.07, 6.45) is 0.688. The molecule has 1 heterocycles. The number of benzene rings is 1. The van der Waals surface area contributed by atoms with Gasteiger partial charge in [-0.1, -0.05) is 6.07 Å². The van der Waals surface area contributed by atoms with E-state index in [0.29, 0.717) is 12.0 Å². The minimum Gasteiger partial charge on any atom is -0.398 e. The molecule has 1 aliphatic carbocycles. The molecule has 17 heavy (non-hydrogen) atoms. The number of hydrogen-bond acceptors (Lipinski definition) is 3. The molecule has 3 rings (SSSR count). The number of piperidine rings is 1. The summed E-state index contributed by atoms with van der Waals surface area (Å²) in [6.45, 7) is 0.150. The largest absolute Gasteiger partial charge is 0.398 e. The Morgan fingerprint density at radius 1 is 1.29 bits per heavy atom. The number of nitrogen functional groups attached to an aromatic ring is 1. The van der Waals surface area contributed by atoms with Crippen molar-refractivity contribution in [3.05, 3.63) is 29.6 Å². The van der Waals surface area contributed by atoms with Crippen LogP contribution in [0.1, 0.15) is 12.0 Å². The summed E-state index contributed by atoms with van der Waals surface area (Å²) in [4.78, 5) is 24.7. The fraction of sp³-hybridized carbons (Fsp3) is 0.333. The van der Waals surface area contributed by atoms with Crippen LogP contribution < -0.4 is 5.73 Å². The van der Waals surface area contributed by atoms with Gasteiger partial charge in [0.2, 0.25) is 11.8 Å². The number of imide groups is 1. The Kier molecular flexibility index (Phi) is 1.98. The van der Waals surface area contributed by atoms with E-state index in [1.165, 1.54) is 23.1 Å². The number of anilines is 1. The summed E-state index contributed by atoms with van der Waals surface area (Å²) in [7, 11) is 0. The number of fused-ring (bicyclic) bond motifs is 1. The lowest BCUT2D eigenvalue weighted by Gasteiger charge is -2.17. The standard InChI is InChI=1S/C12H11FN2O2/c13-7-2-1-6(10(14)3-7)5-15-11(16)8-4-9(8)12(15)17/h1-3,8-9H,4-5,14H2.